The predicted octanol–water partition coefficient (Wildman–Crippen LogP) is 5.00. The van der Waals surface area contributed by atoms with Crippen LogP contribution in [0.4, 0.5) is 0 Å². The molecule has 0 bridgehead atoms. The van der Waals surface area contributed by atoms with Crippen LogP contribution < -0.4 is 0 Å². The molecule has 0 heterocycles. The molecule has 20 heavy (non-hydrogen) atoms. The third-order valence-electron chi connectivity index (χ3n) is 5.16. The van der Waals surface area contributed by atoms with Gasteiger partial charge in [-0.1, -0.05) is 31.9 Å². The highest BCUT2D eigenvalue weighted by Gasteiger charge is 2.49. The molecule has 0 N–H and O–H groups in total. The van der Waals surface area contributed by atoms with Crippen molar-refractivity contribution in [3.63, 3.8) is 0 Å². The van der Waals surface area contributed by atoms with E-state index in [0.29, 0.717) is 23.4 Å². The van der Waals surface area contributed by atoms with Crippen molar-refractivity contribution in [1.29, 1.82) is 0 Å². The summed E-state index contributed by atoms with van der Waals surface area (Å²) in [6.45, 7) is 11.7. The lowest BCUT2D eigenvalue weighted by molar-refractivity contribution is 0.0203. The van der Waals surface area contributed by atoms with Crippen LogP contribution in [-0.4, -0.2) is 14.4 Å². The van der Waals surface area contributed by atoms with E-state index in [2.05, 4.69) is 45.5 Å². The van der Waals surface area contributed by atoms with Crippen molar-refractivity contribution < 1.29 is 4.43 Å². The van der Waals surface area contributed by atoms with Gasteiger partial charge in [0.25, 0.3) is 0 Å². The molecule has 0 aromatic carbocycles. The molecule has 0 aromatic heterocycles. The third kappa shape index (κ3) is 3.04. The van der Waals surface area contributed by atoms with E-state index in [1.165, 1.54) is 25.7 Å². The number of rotatable bonds is 4. The van der Waals surface area contributed by atoms with Crippen molar-refractivity contribution in [3.8, 4) is 12.3 Å². The zero-order valence-electron chi connectivity index (χ0n) is 13.8. The molecule has 1 saturated carbocycles. The molecule has 0 amide bonds. The fourth-order valence-corrected chi connectivity index (χ4v) is 5.56. The summed E-state index contributed by atoms with van der Waals surface area (Å²) in [6.07, 6.45) is 14.4. The largest absolute Gasteiger partial charge is 0.414 e. The Morgan fingerprint density at radius 1 is 1.50 bits per heavy atom. The molecule has 112 valence electrons. The van der Waals surface area contributed by atoms with E-state index in [-0.39, 0.29) is 0 Å². The first kappa shape index (κ1) is 15.9. The molecule has 0 aromatic rings. The van der Waals surface area contributed by atoms with E-state index < -0.39 is 8.32 Å². The molecule has 2 aliphatic carbocycles. The zero-order valence-corrected chi connectivity index (χ0v) is 14.8. The second kappa shape index (κ2) is 5.70. The fourth-order valence-electron chi connectivity index (χ4n) is 4.37. The summed E-state index contributed by atoms with van der Waals surface area (Å²) in [6, 6.07) is 0. The van der Waals surface area contributed by atoms with Gasteiger partial charge in [0.15, 0.2) is 8.32 Å². The Kier molecular flexibility index (Phi) is 4.52. The Labute approximate surface area is 126 Å². The Morgan fingerprint density at radius 2 is 2.20 bits per heavy atom. The van der Waals surface area contributed by atoms with E-state index >= 15 is 0 Å². The number of fused-ring (bicyclic) bond motifs is 1. The zero-order chi connectivity index (χ0) is 15.0. The molecule has 1 fully saturated rings. The first-order valence-electron chi connectivity index (χ1n) is 8.10. The highest BCUT2D eigenvalue weighted by Crippen LogP contribution is 2.55. The SMILES string of the molecule is C#CCC(C)C1=CCC2C(O[Si](C)(C)C)CCCC12C. The summed E-state index contributed by atoms with van der Waals surface area (Å²) in [5, 5.41) is 0. The van der Waals surface area contributed by atoms with Gasteiger partial charge in [-0.05, 0) is 56.2 Å². The van der Waals surface area contributed by atoms with Gasteiger partial charge in [-0.25, -0.2) is 0 Å². The molecule has 2 heteroatoms. The van der Waals surface area contributed by atoms with Gasteiger partial charge in [-0.2, -0.15) is 0 Å². The molecule has 4 unspecified atom stereocenters. The lowest BCUT2D eigenvalue weighted by atomic mass is 9.63. The molecule has 4 atom stereocenters. The summed E-state index contributed by atoms with van der Waals surface area (Å²) in [5.74, 6) is 4.05. The van der Waals surface area contributed by atoms with Gasteiger partial charge < -0.3 is 4.43 Å². The van der Waals surface area contributed by atoms with Crippen LogP contribution in [-0.2, 0) is 4.43 Å². The van der Waals surface area contributed by atoms with E-state index in [1.807, 2.05) is 0 Å². The second-order valence-electron chi connectivity index (χ2n) is 7.89. The molecule has 0 saturated heterocycles. The van der Waals surface area contributed by atoms with Crippen LogP contribution in [0.2, 0.25) is 19.6 Å². The molecular formula is C18H30OSi. The summed E-state index contributed by atoms with van der Waals surface area (Å²) in [5.41, 5.74) is 1.95. The maximum absolute atomic E-state index is 6.51. The highest BCUT2D eigenvalue weighted by molar-refractivity contribution is 6.69. The van der Waals surface area contributed by atoms with Gasteiger partial charge in [-0.15, -0.1) is 12.3 Å². The van der Waals surface area contributed by atoms with Crippen molar-refractivity contribution in [2.24, 2.45) is 17.3 Å². The minimum Gasteiger partial charge on any atom is -0.414 e. The molecule has 0 spiro atoms. The van der Waals surface area contributed by atoms with Crippen LogP contribution in [0.15, 0.2) is 11.6 Å². The Bertz CT molecular complexity index is 426. The van der Waals surface area contributed by atoms with E-state index in [1.54, 1.807) is 5.57 Å². The molecule has 1 nitrogen and oxygen atoms in total. The normalized spacial score (nSPS) is 35.1. The van der Waals surface area contributed by atoms with Crippen LogP contribution in [0.1, 0.15) is 46.0 Å². The topological polar surface area (TPSA) is 9.23 Å². The lowest BCUT2D eigenvalue weighted by Crippen LogP contribution is -2.45. The smallest absolute Gasteiger partial charge is 0.184 e. The van der Waals surface area contributed by atoms with Crippen LogP contribution >= 0.6 is 0 Å². The third-order valence-corrected chi connectivity index (χ3v) is 6.17. The monoisotopic (exact) mass is 290 g/mol. The summed E-state index contributed by atoms with van der Waals surface area (Å²) >= 11 is 0. The Balaban J connectivity index is 2.16. The summed E-state index contributed by atoms with van der Waals surface area (Å²) in [7, 11) is -1.46. The van der Waals surface area contributed by atoms with E-state index in [9.17, 15) is 0 Å². The van der Waals surface area contributed by atoms with Gasteiger partial charge in [-0.3, -0.25) is 0 Å². The number of hydrogen-bond acceptors (Lipinski definition) is 1. The molecule has 2 rings (SSSR count). The van der Waals surface area contributed by atoms with Crippen molar-refractivity contribution in [3.05, 3.63) is 11.6 Å². The minimum absolute atomic E-state index is 0.332. The van der Waals surface area contributed by atoms with Crippen LogP contribution in [0, 0.1) is 29.6 Å². The minimum atomic E-state index is -1.46. The second-order valence-corrected chi connectivity index (χ2v) is 12.3. The van der Waals surface area contributed by atoms with Crippen LogP contribution in [0.3, 0.4) is 0 Å². The molecule has 0 radical (unpaired) electrons. The molecular weight excluding hydrogens is 260 g/mol. The van der Waals surface area contributed by atoms with Crippen molar-refractivity contribution in [2.75, 3.05) is 0 Å². The lowest BCUT2D eigenvalue weighted by Gasteiger charge is -2.46. The summed E-state index contributed by atoms with van der Waals surface area (Å²) in [4.78, 5) is 0. The quantitative estimate of drug-likeness (QED) is 0.402. The van der Waals surface area contributed by atoms with Crippen LogP contribution in [0.25, 0.3) is 0 Å². The van der Waals surface area contributed by atoms with Gasteiger partial charge in [0.2, 0.25) is 0 Å². The average molecular weight is 291 g/mol. The molecule has 2 aliphatic rings. The van der Waals surface area contributed by atoms with Crippen molar-refractivity contribution in [1.82, 2.24) is 0 Å². The Morgan fingerprint density at radius 3 is 2.80 bits per heavy atom. The highest BCUT2D eigenvalue weighted by atomic mass is 28.4. The number of hydrogen-bond donors (Lipinski definition) is 0. The van der Waals surface area contributed by atoms with Crippen molar-refractivity contribution in [2.45, 2.75) is 71.7 Å². The maximum atomic E-state index is 6.51. The van der Waals surface area contributed by atoms with Gasteiger partial charge >= 0.3 is 0 Å². The Hall–Kier alpha value is -0.523. The number of terminal acetylenes is 1. The first-order chi connectivity index (χ1) is 9.28. The van der Waals surface area contributed by atoms with Gasteiger partial charge in [0, 0.05) is 12.5 Å². The average Bonchev–Trinajstić information content (AvgIpc) is 2.65. The van der Waals surface area contributed by atoms with E-state index in [4.69, 9.17) is 10.8 Å². The van der Waals surface area contributed by atoms with E-state index in [0.717, 1.165) is 6.42 Å². The van der Waals surface area contributed by atoms with Gasteiger partial charge in [0.1, 0.15) is 0 Å². The fraction of sp³-hybridized carbons (Fsp3) is 0.778. The molecule has 0 aliphatic heterocycles. The summed E-state index contributed by atoms with van der Waals surface area (Å²) < 4.78 is 6.51. The maximum Gasteiger partial charge on any atom is 0.184 e. The standard InChI is InChI=1S/C18H30OSi/c1-7-9-14(2)15-11-12-16-17(19-20(4,5)6)10-8-13-18(15,16)3/h1,11,14,16-17H,8-10,12-13H2,2-6H3. The predicted molar refractivity (Wildman–Crippen MR) is 89.0 cm³/mol. The van der Waals surface area contributed by atoms with Gasteiger partial charge in [0.05, 0.1) is 0 Å². The number of allylic oxidation sites excluding steroid dienone is 2. The first-order valence-corrected chi connectivity index (χ1v) is 11.5. The van der Waals surface area contributed by atoms with Crippen molar-refractivity contribution >= 4 is 8.32 Å². The van der Waals surface area contributed by atoms with Crippen LogP contribution in [0.5, 0.6) is 0 Å².